The zero-order valence-electron chi connectivity index (χ0n) is 14.9. The van der Waals surface area contributed by atoms with Gasteiger partial charge in [-0.1, -0.05) is 35.9 Å². The predicted octanol–water partition coefficient (Wildman–Crippen LogP) is 0.597. The van der Waals surface area contributed by atoms with Crippen molar-refractivity contribution in [1.82, 2.24) is 25.5 Å². The van der Waals surface area contributed by atoms with Gasteiger partial charge in [0, 0.05) is 19.6 Å². The highest BCUT2D eigenvalue weighted by molar-refractivity contribution is 5.82. The molecule has 0 aliphatic carbocycles. The topological polar surface area (TPSA) is 102 Å². The molecule has 1 fully saturated rings. The molecule has 0 radical (unpaired) electrons. The highest BCUT2D eigenvalue weighted by Crippen LogP contribution is 2.17. The van der Waals surface area contributed by atoms with E-state index in [1.807, 2.05) is 11.9 Å². The first-order valence-corrected chi connectivity index (χ1v) is 8.78. The number of rotatable bonds is 4. The van der Waals surface area contributed by atoms with Crippen molar-refractivity contribution in [3.63, 3.8) is 0 Å². The number of aromatic amines is 1. The van der Waals surface area contributed by atoms with E-state index in [2.05, 4.69) is 40.2 Å². The zero-order chi connectivity index (χ0) is 19.0. The maximum Gasteiger partial charge on any atom is 0.328 e. The molecule has 0 amide bonds. The summed E-state index contributed by atoms with van der Waals surface area (Å²) < 4.78 is 1.16. The Morgan fingerprint density at radius 1 is 1.15 bits per heavy atom. The Labute approximate surface area is 155 Å². The van der Waals surface area contributed by atoms with Gasteiger partial charge in [-0.3, -0.25) is 9.36 Å². The summed E-state index contributed by atoms with van der Waals surface area (Å²) in [6.07, 6.45) is 0. The van der Waals surface area contributed by atoms with Gasteiger partial charge in [-0.15, -0.1) is 0 Å². The first-order valence-electron chi connectivity index (χ1n) is 8.78. The quantitative estimate of drug-likeness (QED) is 0.539. The van der Waals surface area contributed by atoms with E-state index in [0.717, 1.165) is 4.57 Å². The molecule has 140 valence electrons. The first-order chi connectivity index (χ1) is 13.0. The number of para-hydroxylation sites is 1. The van der Waals surface area contributed by atoms with Gasteiger partial charge in [0.05, 0.1) is 16.9 Å². The number of hydrogen-bond donors (Lipinski definition) is 4. The van der Waals surface area contributed by atoms with E-state index >= 15 is 0 Å². The largest absolute Gasteiger partial charge is 0.506 e. The normalized spacial score (nSPS) is 17.6. The minimum atomic E-state index is -0.534. The van der Waals surface area contributed by atoms with Crippen molar-refractivity contribution in [2.45, 2.75) is 26.1 Å². The number of aryl methyl sites for hydroxylation is 1. The van der Waals surface area contributed by atoms with Crippen LogP contribution in [-0.2, 0) is 13.1 Å². The van der Waals surface area contributed by atoms with Gasteiger partial charge in [-0.05, 0) is 24.6 Å². The summed E-state index contributed by atoms with van der Waals surface area (Å²) in [7, 11) is 0. The van der Waals surface area contributed by atoms with Gasteiger partial charge in [0.15, 0.2) is 0 Å². The third-order valence-corrected chi connectivity index (χ3v) is 4.76. The number of aromatic nitrogens is 2. The van der Waals surface area contributed by atoms with Crippen LogP contribution in [0.4, 0.5) is 0 Å². The number of phenols is 1. The van der Waals surface area contributed by atoms with E-state index in [9.17, 15) is 14.7 Å². The Morgan fingerprint density at radius 2 is 1.93 bits per heavy atom. The number of nitrogens with zero attached hydrogens (tertiary/aromatic N) is 2. The Hall–Kier alpha value is -2.94. The Kier molecular flexibility index (Phi) is 4.53. The monoisotopic (exact) mass is 367 g/mol. The molecule has 1 saturated heterocycles. The van der Waals surface area contributed by atoms with Crippen molar-refractivity contribution in [2.24, 2.45) is 0 Å². The van der Waals surface area contributed by atoms with Crippen molar-refractivity contribution in [1.29, 1.82) is 0 Å². The SMILES string of the molecule is Cc1ccc(CN2CC(Cn3c(=O)[nH]c4c(O)cccc4c3=O)NN2)cc1. The van der Waals surface area contributed by atoms with E-state index in [-0.39, 0.29) is 29.2 Å². The van der Waals surface area contributed by atoms with Crippen LogP contribution < -0.4 is 22.2 Å². The van der Waals surface area contributed by atoms with Crippen molar-refractivity contribution in [3.8, 4) is 5.75 Å². The number of fused-ring (bicyclic) bond motifs is 1. The fraction of sp³-hybridized carbons (Fsp3) is 0.263. The highest BCUT2D eigenvalue weighted by atomic mass is 16.3. The van der Waals surface area contributed by atoms with Gasteiger partial charge in [0.2, 0.25) is 0 Å². The van der Waals surface area contributed by atoms with Crippen LogP contribution in [0.5, 0.6) is 5.75 Å². The second kappa shape index (κ2) is 6.99. The molecule has 2 heterocycles. The third kappa shape index (κ3) is 3.50. The second-order valence-electron chi connectivity index (χ2n) is 6.86. The Balaban J connectivity index is 1.51. The van der Waals surface area contributed by atoms with Crippen molar-refractivity contribution in [2.75, 3.05) is 6.54 Å². The van der Waals surface area contributed by atoms with Crippen LogP contribution in [0.3, 0.4) is 0 Å². The van der Waals surface area contributed by atoms with Crippen LogP contribution in [-0.4, -0.2) is 32.3 Å². The number of phenolic OH excluding ortho intramolecular Hbond substituents is 1. The number of hydrogen-bond acceptors (Lipinski definition) is 6. The fourth-order valence-electron chi connectivity index (χ4n) is 3.31. The average Bonchev–Trinajstić information content (AvgIpc) is 3.09. The zero-order valence-corrected chi connectivity index (χ0v) is 14.9. The van der Waals surface area contributed by atoms with Crippen molar-refractivity contribution < 1.29 is 5.11 Å². The second-order valence-corrected chi connectivity index (χ2v) is 6.86. The number of H-pyrrole nitrogens is 1. The Bertz CT molecular complexity index is 1090. The van der Waals surface area contributed by atoms with Crippen LogP contribution in [0.1, 0.15) is 11.1 Å². The van der Waals surface area contributed by atoms with E-state index in [4.69, 9.17) is 0 Å². The molecule has 27 heavy (non-hydrogen) atoms. The lowest BCUT2D eigenvalue weighted by molar-refractivity contribution is 0.224. The minimum absolute atomic E-state index is 0.107. The molecular formula is C19H21N5O3. The van der Waals surface area contributed by atoms with Crippen molar-refractivity contribution >= 4 is 10.9 Å². The molecular weight excluding hydrogens is 346 g/mol. The summed E-state index contributed by atoms with van der Waals surface area (Å²) in [4.78, 5) is 27.6. The standard InChI is InChI=1S/C19H21N5O3/c1-12-5-7-13(8-6-12)9-23-10-14(21-22-23)11-24-18(26)15-3-2-4-16(25)17(15)20-19(24)27/h2-8,14,21-22,25H,9-11H2,1H3,(H,20,27). The molecule has 8 nitrogen and oxygen atoms in total. The molecule has 1 aliphatic heterocycles. The summed E-state index contributed by atoms with van der Waals surface area (Å²) in [5.74, 6) is -0.112. The maximum absolute atomic E-state index is 12.7. The van der Waals surface area contributed by atoms with Crippen LogP contribution in [0.2, 0.25) is 0 Å². The lowest BCUT2D eigenvalue weighted by Gasteiger charge is -2.14. The van der Waals surface area contributed by atoms with Gasteiger partial charge in [-0.2, -0.15) is 5.53 Å². The average molecular weight is 367 g/mol. The molecule has 1 unspecified atom stereocenters. The Morgan fingerprint density at radius 3 is 2.70 bits per heavy atom. The first kappa shape index (κ1) is 17.5. The number of benzene rings is 2. The molecule has 3 aromatic rings. The van der Waals surface area contributed by atoms with Gasteiger partial charge in [0.25, 0.3) is 5.56 Å². The lowest BCUT2D eigenvalue weighted by Crippen LogP contribution is -2.43. The van der Waals surface area contributed by atoms with Crippen LogP contribution in [0.15, 0.2) is 52.1 Å². The maximum atomic E-state index is 12.7. The third-order valence-electron chi connectivity index (χ3n) is 4.76. The molecule has 0 spiro atoms. The number of hydrazine groups is 2. The predicted molar refractivity (Wildman–Crippen MR) is 102 cm³/mol. The molecule has 2 aromatic carbocycles. The van der Waals surface area contributed by atoms with Crippen LogP contribution in [0, 0.1) is 6.92 Å². The highest BCUT2D eigenvalue weighted by Gasteiger charge is 2.23. The molecule has 1 aromatic heterocycles. The fourth-order valence-corrected chi connectivity index (χ4v) is 3.31. The molecule has 0 saturated carbocycles. The molecule has 1 atom stereocenters. The molecule has 1 aliphatic rings. The van der Waals surface area contributed by atoms with Gasteiger partial charge < -0.3 is 10.1 Å². The molecule has 0 bridgehead atoms. The number of nitrogens with one attached hydrogen (secondary N) is 3. The van der Waals surface area contributed by atoms with Gasteiger partial charge >= 0.3 is 5.69 Å². The lowest BCUT2D eigenvalue weighted by atomic mass is 10.1. The van der Waals surface area contributed by atoms with E-state index in [0.29, 0.717) is 13.1 Å². The summed E-state index contributed by atoms with van der Waals surface area (Å²) in [6, 6.07) is 12.8. The van der Waals surface area contributed by atoms with Gasteiger partial charge in [-0.25, -0.2) is 15.2 Å². The van der Waals surface area contributed by atoms with E-state index in [1.165, 1.54) is 17.2 Å². The minimum Gasteiger partial charge on any atom is -0.506 e. The van der Waals surface area contributed by atoms with Crippen molar-refractivity contribution in [3.05, 3.63) is 74.4 Å². The van der Waals surface area contributed by atoms with E-state index < -0.39 is 11.2 Å². The number of aromatic hydroxyl groups is 1. The smallest absolute Gasteiger partial charge is 0.328 e. The van der Waals surface area contributed by atoms with Gasteiger partial charge in [0.1, 0.15) is 5.75 Å². The summed E-state index contributed by atoms with van der Waals surface area (Å²) in [5, 5.41) is 12.1. The molecule has 8 heteroatoms. The summed E-state index contributed by atoms with van der Waals surface area (Å²) in [5.41, 5.74) is 7.81. The summed E-state index contributed by atoms with van der Waals surface area (Å²) in [6.45, 7) is 3.61. The molecule has 4 rings (SSSR count). The molecule has 4 N–H and O–H groups in total. The van der Waals surface area contributed by atoms with Crippen LogP contribution in [0.25, 0.3) is 10.9 Å². The van der Waals surface area contributed by atoms with E-state index in [1.54, 1.807) is 12.1 Å². The summed E-state index contributed by atoms with van der Waals surface area (Å²) >= 11 is 0. The van der Waals surface area contributed by atoms with Crippen LogP contribution >= 0.6 is 0 Å².